The number of carbonyl (C=O) groups excluding carboxylic acids is 1. The number of nitrogens with zero attached hydrogens (tertiary/aromatic N) is 2. The average Bonchev–Trinajstić information content (AvgIpc) is 2.68. The van der Waals surface area contributed by atoms with Gasteiger partial charge in [0.25, 0.3) is 0 Å². The van der Waals surface area contributed by atoms with Crippen molar-refractivity contribution in [2.75, 3.05) is 25.3 Å². The second-order valence-corrected chi connectivity index (χ2v) is 7.68. The van der Waals surface area contributed by atoms with Crippen molar-refractivity contribution in [2.45, 2.75) is 31.2 Å². The summed E-state index contributed by atoms with van der Waals surface area (Å²) in [5, 5.41) is 13.1. The van der Waals surface area contributed by atoms with Gasteiger partial charge in [0, 0.05) is 23.9 Å². The lowest BCUT2D eigenvalue weighted by atomic mass is 10.1. The summed E-state index contributed by atoms with van der Waals surface area (Å²) in [6.45, 7) is 4.09. The normalized spacial score (nSPS) is 10.5. The summed E-state index contributed by atoms with van der Waals surface area (Å²) in [5.74, 6) is 1.49. The van der Waals surface area contributed by atoms with Crippen molar-refractivity contribution in [2.24, 2.45) is 0 Å². The smallest absolute Gasteiger partial charge is 0.225 e. The highest BCUT2D eigenvalue weighted by Crippen LogP contribution is 2.36. The summed E-state index contributed by atoms with van der Waals surface area (Å²) in [5.41, 5.74) is 1.91. The number of ether oxygens (including phenoxy) is 2. The van der Waals surface area contributed by atoms with Crippen LogP contribution in [0.2, 0.25) is 5.02 Å². The number of methoxy groups -OCH3 is 2. The summed E-state index contributed by atoms with van der Waals surface area (Å²) in [4.78, 5) is 16.9. The Morgan fingerprint density at radius 2 is 2.00 bits per heavy atom. The highest BCUT2D eigenvalue weighted by Gasteiger charge is 2.14. The van der Waals surface area contributed by atoms with E-state index >= 15 is 0 Å². The molecule has 0 aliphatic rings. The third kappa shape index (κ3) is 5.54. The highest BCUT2D eigenvalue weighted by atomic mass is 35.5. The van der Waals surface area contributed by atoms with Crippen molar-refractivity contribution in [3.05, 3.63) is 40.5 Å². The number of benzene rings is 1. The second kappa shape index (κ2) is 10.2. The van der Waals surface area contributed by atoms with E-state index in [2.05, 4.69) is 16.4 Å². The zero-order valence-electron chi connectivity index (χ0n) is 16.2. The maximum absolute atomic E-state index is 12.3. The molecule has 0 radical (unpaired) electrons. The van der Waals surface area contributed by atoms with Crippen LogP contribution in [0.4, 0.5) is 5.69 Å². The molecular formula is C20H22ClN3O3S. The van der Waals surface area contributed by atoms with E-state index in [-0.39, 0.29) is 18.2 Å². The molecule has 0 fully saturated rings. The predicted molar refractivity (Wildman–Crippen MR) is 112 cm³/mol. The first-order valence-corrected chi connectivity index (χ1v) is 10.0. The SMILES string of the molecule is COc1cc(OC)c(NC(=O)CCSc2nc(C(C)C)ccc2C#N)cc1Cl. The lowest BCUT2D eigenvalue weighted by molar-refractivity contribution is -0.115. The third-order valence-electron chi connectivity index (χ3n) is 3.91. The van der Waals surface area contributed by atoms with E-state index in [1.54, 1.807) is 18.2 Å². The monoisotopic (exact) mass is 419 g/mol. The van der Waals surface area contributed by atoms with Gasteiger partial charge in [-0.05, 0) is 24.1 Å². The number of hydrogen-bond acceptors (Lipinski definition) is 6. The van der Waals surface area contributed by atoms with Gasteiger partial charge in [-0.2, -0.15) is 5.26 Å². The number of pyridine rings is 1. The molecule has 0 atom stereocenters. The zero-order valence-corrected chi connectivity index (χ0v) is 17.8. The number of hydrogen-bond donors (Lipinski definition) is 1. The largest absolute Gasteiger partial charge is 0.495 e. The first-order valence-electron chi connectivity index (χ1n) is 8.64. The van der Waals surface area contributed by atoms with Crippen LogP contribution in [-0.4, -0.2) is 30.9 Å². The molecule has 0 aliphatic heterocycles. The summed E-state index contributed by atoms with van der Waals surface area (Å²) in [7, 11) is 3.01. The van der Waals surface area contributed by atoms with Crippen LogP contribution >= 0.6 is 23.4 Å². The summed E-state index contributed by atoms with van der Waals surface area (Å²) in [6.07, 6.45) is 0.246. The zero-order chi connectivity index (χ0) is 20.7. The van der Waals surface area contributed by atoms with Crippen molar-refractivity contribution in [1.82, 2.24) is 4.98 Å². The fourth-order valence-corrected chi connectivity index (χ4v) is 3.54. The van der Waals surface area contributed by atoms with E-state index in [0.29, 0.717) is 38.6 Å². The lowest BCUT2D eigenvalue weighted by Gasteiger charge is -2.13. The van der Waals surface area contributed by atoms with Gasteiger partial charge >= 0.3 is 0 Å². The molecular weight excluding hydrogens is 398 g/mol. The summed E-state index contributed by atoms with van der Waals surface area (Å²) in [6, 6.07) is 8.99. The van der Waals surface area contributed by atoms with Gasteiger partial charge in [0.2, 0.25) is 5.91 Å². The number of thioether (sulfide) groups is 1. The molecule has 0 unspecified atom stereocenters. The van der Waals surface area contributed by atoms with E-state index in [1.165, 1.54) is 26.0 Å². The third-order valence-corrected chi connectivity index (χ3v) is 5.20. The number of nitrogens with one attached hydrogen (secondary N) is 1. The molecule has 0 spiro atoms. The van der Waals surface area contributed by atoms with Crippen LogP contribution in [0.5, 0.6) is 11.5 Å². The number of nitriles is 1. The summed E-state index contributed by atoms with van der Waals surface area (Å²) >= 11 is 7.51. The van der Waals surface area contributed by atoms with Crippen molar-refractivity contribution in [1.29, 1.82) is 5.26 Å². The molecule has 2 rings (SSSR count). The quantitative estimate of drug-likeness (QED) is 0.614. The van der Waals surface area contributed by atoms with Gasteiger partial charge in [0.15, 0.2) is 0 Å². The number of halogens is 1. The van der Waals surface area contributed by atoms with Gasteiger partial charge < -0.3 is 14.8 Å². The molecule has 8 heteroatoms. The maximum atomic E-state index is 12.3. The molecule has 2 aromatic rings. The maximum Gasteiger partial charge on any atom is 0.225 e. The molecule has 1 aromatic carbocycles. The fourth-order valence-electron chi connectivity index (χ4n) is 2.38. The molecule has 1 heterocycles. The second-order valence-electron chi connectivity index (χ2n) is 6.19. The standard InChI is InChI=1S/C20H22ClN3O3S/c1-12(2)15-6-5-13(11-22)20(24-15)28-8-7-19(25)23-16-9-14(21)17(26-3)10-18(16)27-4/h5-6,9-10,12H,7-8H2,1-4H3,(H,23,25). The fraction of sp³-hybridized carbons (Fsp3) is 0.350. The number of amides is 1. The molecule has 1 N–H and O–H groups in total. The van der Waals surface area contributed by atoms with Crippen LogP contribution < -0.4 is 14.8 Å². The minimum absolute atomic E-state index is 0.189. The summed E-state index contributed by atoms with van der Waals surface area (Å²) < 4.78 is 10.4. The predicted octanol–water partition coefficient (Wildman–Crippen LogP) is 4.87. The van der Waals surface area contributed by atoms with Crippen LogP contribution in [0.25, 0.3) is 0 Å². The van der Waals surface area contributed by atoms with E-state index in [1.807, 2.05) is 19.9 Å². The van der Waals surface area contributed by atoms with Crippen molar-refractivity contribution in [3.8, 4) is 17.6 Å². The minimum Gasteiger partial charge on any atom is -0.495 e. The molecule has 0 saturated heterocycles. The van der Waals surface area contributed by atoms with E-state index in [0.717, 1.165) is 5.69 Å². The Bertz CT molecular complexity index is 897. The first kappa shape index (κ1) is 21.9. The van der Waals surface area contributed by atoms with Crippen LogP contribution in [0.1, 0.15) is 37.4 Å². The van der Waals surface area contributed by atoms with Crippen molar-refractivity contribution in [3.63, 3.8) is 0 Å². The van der Waals surface area contributed by atoms with Crippen LogP contribution in [0, 0.1) is 11.3 Å². The number of rotatable bonds is 8. The van der Waals surface area contributed by atoms with Crippen LogP contribution in [0.3, 0.4) is 0 Å². The van der Waals surface area contributed by atoms with Gasteiger partial charge in [0.05, 0.1) is 30.5 Å². The Morgan fingerprint density at radius 1 is 1.29 bits per heavy atom. The lowest BCUT2D eigenvalue weighted by Crippen LogP contribution is -2.13. The van der Waals surface area contributed by atoms with Crippen molar-refractivity contribution >= 4 is 35.0 Å². The topological polar surface area (TPSA) is 84.2 Å². The molecule has 0 saturated carbocycles. The molecule has 1 amide bonds. The van der Waals surface area contributed by atoms with Gasteiger partial charge in [-0.3, -0.25) is 4.79 Å². The molecule has 0 aliphatic carbocycles. The molecule has 1 aromatic heterocycles. The Hall–Kier alpha value is -2.43. The van der Waals surface area contributed by atoms with Gasteiger partial charge in [0.1, 0.15) is 22.6 Å². The van der Waals surface area contributed by atoms with E-state index in [4.69, 9.17) is 21.1 Å². The number of carbonyl (C=O) groups is 1. The van der Waals surface area contributed by atoms with Crippen LogP contribution in [0.15, 0.2) is 29.3 Å². The first-order chi connectivity index (χ1) is 13.4. The van der Waals surface area contributed by atoms with E-state index in [9.17, 15) is 10.1 Å². The van der Waals surface area contributed by atoms with Gasteiger partial charge in [-0.15, -0.1) is 11.8 Å². The highest BCUT2D eigenvalue weighted by molar-refractivity contribution is 7.99. The Morgan fingerprint density at radius 3 is 2.61 bits per heavy atom. The minimum atomic E-state index is -0.189. The average molecular weight is 420 g/mol. The Balaban J connectivity index is 2.02. The van der Waals surface area contributed by atoms with Crippen molar-refractivity contribution < 1.29 is 14.3 Å². The molecule has 0 bridgehead atoms. The van der Waals surface area contributed by atoms with Crippen LogP contribution in [-0.2, 0) is 4.79 Å². The number of aromatic nitrogens is 1. The molecule has 28 heavy (non-hydrogen) atoms. The Labute approximate surface area is 174 Å². The number of anilines is 1. The van der Waals surface area contributed by atoms with E-state index < -0.39 is 0 Å². The molecule has 6 nitrogen and oxygen atoms in total. The van der Waals surface area contributed by atoms with Gasteiger partial charge in [-0.25, -0.2) is 4.98 Å². The Kier molecular flexibility index (Phi) is 7.97. The van der Waals surface area contributed by atoms with Gasteiger partial charge in [-0.1, -0.05) is 25.4 Å². The molecule has 148 valence electrons.